The van der Waals surface area contributed by atoms with Gasteiger partial charge in [0.25, 0.3) is 0 Å². The third kappa shape index (κ3) is 3.20. The molecule has 10 heteroatoms. The summed E-state index contributed by atoms with van der Waals surface area (Å²) < 4.78 is 31.7. The third-order valence-corrected chi connectivity index (χ3v) is 6.01. The number of nitrogens with zero attached hydrogens (tertiary/aromatic N) is 1. The molecular weight excluding hydrogens is 364 g/mol. The minimum atomic E-state index is -4.03. The van der Waals surface area contributed by atoms with E-state index in [1.807, 2.05) is 0 Å². The van der Waals surface area contributed by atoms with E-state index in [4.69, 9.17) is 4.42 Å². The molecule has 1 saturated heterocycles. The topological polar surface area (TPSA) is 134 Å². The summed E-state index contributed by atoms with van der Waals surface area (Å²) >= 11 is 0. The Balaban J connectivity index is 2.07. The van der Waals surface area contributed by atoms with Crippen molar-refractivity contribution in [1.82, 2.24) is 4.31 Å². The van der Waals surface area contributed by atoms with Gasteiger partial charge in [0.2, 0.25) is 15.9 Å². The van der Waals surface area contributed by atoms with Crippen LogP contribution >= 0.6 is 0 Å². The van der Waals surface area contributed by atoms with Crippen LogP contribution in [0.25, 0.3) is 11.0 Å². The number of carboxylic acids is 1. The second-order valence-corrected chi connectivity index (χ2v) is 7.83. The van der Waals surface area contributed by atoms with Gasteiger partial charge in [-0.1, -0.05) is 0 Å². The lowest BCUT2D eigenvalue weighted by Gasteiger charge is -2.21. The molecule has 26 heavy (non-hydrogen) atoms. The molecule has 1 fully saturated rings. The first-order chi connectivity index (χ1) is 12.2. The number of carbonyl (C=O) groups is 2. The highest BCUT2D eigenvalue weighted by Gasteiger charge is 2.39. The number of hydrogen-bond donors (Lipinski definition) is 2. The van der Waals surface area contributed by atoms with Gasteiger partial charge >= 0.3 is 11.6 Å². The number of carbonyl (C=O) groups excluding carboxylic acids is 1. The number of anilines is 1. The van der Waals surface area contributed by atoms with E-state index in [2.05, 4.69) is 5.32 Å². The van der Waals surface area contributed by atoms with E-state index in [9.17, 15) is 27.9 Å². The summed E-state index contributed by atoms with van der Waals surface area (Å²) in [5, 5.41) is 11.8. The van der Waals surface area contributed by atoms with E-state index in [0.29, 0.717) is 11.8 Å². The highest BCUT2D eigenvalue weighted by atomic mass is 32.2. The lowest BCUT2D eigenvalue weighted by Crippen LogP contribution is -2.40. The van der Waals surface area contributed by atoms with Crippen LogP contribution in [-0.4, -0.2) is 42.3 Å². The van der Waals surface area contributed by atoms with Crippen molar-refractivity contribution in [2.24, 2.45) is 0 Å². The van der Waals surface area contributed by atoms with Crippen molar-refractivity contribution in [3.8, 4) is 0 Å². The quantitative estimate of drug-likeness (QED) is 0.755. The highest BCUT2D eigenvalue weighted by molar-refractivity contribution is 7.89. The molecule has 138 valence electrons. The van der Waals surface area contributed by atoms with Gasteiger partial charge < -0.3 is 14.8 Å². The van der Waals surface area contributed by atoms with Gasteiger partial charge in [0.1, 0.15) is 17.3 Å². The van der Waals surface area contributed by atoms with Crippen molar-refractivity contribution < 1.29 is 27.5 Å². The largest absolute Gasteiger partial charge is 0.480 e. The predicted molar refractivity (Wildman–Crippen MR) is 91.3 cm³/mol. The maximum absolute atomic E-state index is 12.8. The molecule has 1 amide bonds. The van der Waals surface area contributed by atoms with Gasteiger partial charge in [-0.2, -0.15) is 4.31 Å². The van der Waals surface area contributed by atoms with Crippen molar-refractivity contribution in [3.63, 3.8) is 0 Å². The Morgan fingerprint density at radius 1 is 1.31 bits per heavy atom. The Morgan fingerprint density at radius 2 is 2.04 bits per heavy atom. The number of hydrogen-bond acceptors (Lipinski definition) is 6. The van der Waals surface area contributed by atoms with Crippen molar-refractivity contribution in [1.29, 1.82) is 0 Å². The first kappa shape index (κ1) is 18.1. The molecular formula is C16H16N2O7S. The predicted octanol–water partition coefficient (Wildman–Crippen LogP) is 0.989. The van der Waals surface area contributed by atoms with Gasteiger partial charge in [-0.25, -0.2) is 13.2 Å². The van der Waals surface area contributed by atoms with Gasteiger partial charge in [0.05, 0.1) is 4.90 Å². The van der Waals surface area contributed by atoms with Crippen molar-refractivity contribution in [2.45, 2.75) is 30.7 Å². The molecule has 3 rings (SSSR count). The molecule has 2 heterocycles. The van der Waals surface area contributed by atoms with Crippen molar-refractivity contribution in [3.05, 3.63) is 34.7 Å². The van der Waals surface area contributed by atoms with Gasteiger partial charge in [0, 0.05) is 18.9 Å². The Hall–Kier alpha value is -2.72. The molecule has 1 aliphatic rings. The van der Waals surface area contributed by atoms with Gasteiger partial charge in [-0.3, -0.25) is 9.59 Å². The number of rotatable bonds is 4. The van der Waals surface area contributed by atoms with Crippen LogP contribution in [0.5, 0.6) is 0 Å². The van der Waals surface area contributed by atoms with E-state index in [-0.39, 0.29) is 29.1 Å². The zero-order chi connectivity index (χ0) is 19.1. The second kappa shape index (κ2) is 6.54. The number of nitrogens with one attached hydrogen (secondary N) is 1. The number of fused-ring (bicyclic) bond motifs is 1. The van der Waals surface area contributed by atoms with Gasteiger partial charge in [-0.15, -0.1) is 0 Å². The van der Waals surface area contributed by atoms with Gasteiger partial charge in [0.15, 0.2) is 0 Å². The highest BCUT2D eigenvalue weighted by Crippen LogP contribution is 2.28. The summed E-state index contributed by atoms with van der Waals surface area (Å²) in [6.07, 6.45) is 0.717. The Bertz CT molecular complexity index is 1060. The standard InChI is InChI=1S/C16H16N2O7S/c1-9(19)17-12-8-10-7-11(4-5-14(10)25-16(12)22)26(23,24)18-6-2-3-13(18)15(20)21/h4-5,7-8,13H,2-3,6H2,1H3,(H,17,19)(H,20,21)/t13-/m0/s1. The normalized spacial score (nSPS) is 18.1. The number of carboxylic acid groups (broad SMARTS) is 1. The number of sulfonamides is 1. The van der Waals surface area contributed by atoms with Crippen LogP contribution in [-0.2, 0) is 19.6 Å². The van der Waals surface area contributed by atoms with Gasteiger partial charge in [-0.05, 0) is 37.1 Å². The molecule has 0 unspecified atom stereocenters. The molecule has 1 aromatic heterocycles. The van der Waals surface area contributed by atoms with Crippen LogP contribution in [0, 0.1) is 0 Å². The Labute approximate surface area is 148 Å². The molecule has 1 atom stereocenters. The van der Waals surface area contributed by atoms with E-state index in [0.717, 1.165) is 4.31 Å². The zero-order valence-corrected chi connectivity index (χ0v) is 14.6. The van der Waals surface area contributed by atoms with Crippen LogP contribution < -0.4 is 10.9 Å². The fourth-order valence-corrected chi connectivity index (χ4v) is 4.64. The minimum absolute atomic E-state index is 0.107. The maximum atomic E-state index is 12.8. The maximum Gasteiger partial charge on any atom is 0.360 e. The summed E-state index contributed by atoms with van der Waals surface area (Å²) in [4.78, 5) is 34.1. The average Bonchev–Trinajstić information content (AvgIpc) is 3.05. The van der Waals surface area contributed by atoms with Crippen molar-refractivity contribution in [2.75, 3.05) is 11.9 Å². The summed E-state index contributed by atoms with van der Waals surface area (Å²) in [7, 11) is -4.03. The van der Waals surface area contributed by atoms with Crippen LogP contribution in [0.3, 0.4) is 0 Å². The van der Waals surface area contributed by atoms with E-state index < -0.39 is 33.6 Å². The lowest BCUT2D eigenvalue weighted by atomic mass is 10.2. The van der Waals surface area contributed by atoms with Crippen LogP contribution in [0.4, 0.5) is 5.69 Å². The Morgan fingerprint density at radius 3 is 2.69 bits per heavy atom. The van der Waals surface area contributed by atoms with Crippen LogP contribution in [0.1, 0.15) is 19.8 Å². The molecule has 1 aliphatic heterocycles. The molecule has 0 bridgehead atoms. The average molecular weight is 380 g/mol. The monoisotopic (exact) mass is 380 g/mol. The second-order valence-electron chi connectivity index (χ2n) is 5.94. The third-order valence-electron chi connectivity index (χ3n) is 4.11. The molecule has 0 radical (unpaired) electrons. The first-order valence-electron chi connectivity index (χ1n) is 7.80. The SMILES string of the molecule is CC(=O)Nc1cc2cc(S(=O)(=O)N3CCC[C@H]3C(=O)O)ccc2oc1=O. The van der Waals surface area contributed by atoms with E-state index in [1.54, 1.807) is 0 Å². The molecule has 1 aromatic carbocycles. The Kier molecular flexibility index (Phi) is 4.55. The lowest BCUT2D eigenvalue weighted by molar-refractivity contribution is -0.140. The van der Waals surface area contributed by atoms with Crippen LogP contribution in [0.2, 0.25) is 0 Å². The summed E-state index contributed by atoms with van der Waals surface area (Å²) in [5.74, 6) is -1.66. The molecule has 2 aromatic rings. The van der Waals surface area contributed by atoms with E-state index in [1.165, 1.54) is 31.2 Å². The number of benzene rings is 1. The van der Waals surface area contributed by atoms with Crippen LogP contribution in [0.15, 0.2) is 38.4 Å². The number of amides is 1. The fourth-order valence-electron chi connectivity index (χ4n) is 2.95. The summed E-state index contributed by atoms with van der Waals surface area (Å²) in [5.41, 5.74) is -0.711. The molecule has 9 nitrogen and oxygen atoms in total. The number of aliphatic carboxylic acids is 1. The zero-order valence-electron chi connectivity index (χ0n) is 13.8. The molecule has 2 N–H and O–H groups in total. The van der Waals surface area contributed by atoms with Crippen molar-refractivity contribution >= 4 is 38.6 Å². The summed E-state index contributed by atoms with van der Waals surface area (Å²) in [6, 6.07) is 4.10. The van der Waals surface area contributed by atoms with E-state index >= 15 is 0 Å². The minimum Gasteiger partial charge on any atom is -0.480 e. The molecule has 0 saturated carbocycles. The first-order valence-corrected chi connectivity index (χ1v) is 9.24. The smallest absolute Gasteiger partial charge is 0.360 e. The molecule has 0 aliphatic carbocycles. The fraction of sp³-hybridized carbons (Fsp3) is 0.312. The summed E-state index contributed by atoms with van der Waals surface area (Å²) in [6.45, 7) is 1.35. The molecule has 0 spiro atoms.